The number of halogens is 1. The van der Waals surface area contributed by atoms with Crippen molar-refractivity contribution in [1.29, 1.82) is 0 Å². The molecule has 17 heavy (non-hydrogen) atoms. The van der Waals surface area contributed by atoms with E-state index in [1.165, 1.54) is 0 Å². The van der Waals surface area contributed by atoms with E-state index in [1.807, 2.05) is 24.3 Å². The minimum atomic E-state index is 0.212. The number of Topliss-reactive ketones (excluding diaryl/α,β-unsaturated/α-hetero) is 1. The summed E-state index contributed by atoms with van der Waals surface area (Å²) >= 11 is 2.25. The lowest BCUT2D eigenvalue weighted by Crippen LogP contribution is -2.36. The molecule has 0 radical (unpaired) electrons. The molecule has 0 aliphatic carbocycles. The van der Waals surface area contributed by atoms with Gasteiger partial charge in [0, 0.05) is 15.2 Å². The zero-order valence-corrected chi connectivity index (χ0v) is 12.9. The Balaban J connectivity index is 2.66. The second kappa shape index (κ2) is 7.11. The summed E-state index contributed by atoms with van der Waals surface area (Å²) < 4.78 is 1.16. The van der Waals surface area contributed by atoms with Crippen molar-refractivity contribution in [1.82, 2.24) is 4.90 Å². The Morgan fingerprint density at radius 2 is 1.88 bits per heavy atom. The number of carbonyl (C=O) groups excluding carboxylic acids is 1. The molecular weight excluding hydrogens is 325 g/mol. The average Bonchev–Trinajstić information content (AvgIpc) is 2.29. The van der Waals surface area contributed by atoms with E-state index in [0.717, 1.165) is 22.1 Å². The van der Waals surface area contributed by atoms with Gasteiger partial charge in [-0.2, -0.15) is 0 Å². The lowest BCUT2D eigenvalue weighted by atomic mass is 10.1. The van der Waals surface area contributed by atoms with Crippen molar-refractivity contribution < 1.29 is 4.79 Å². The molecule has 94 valence electrons. The van der Waals surface area contributed by atoms with Crippen molar-refractivity contribution in [2.75, 3.05) is 13.1 Å². The predicted octanol–water partition coefficient (Wildman–Crippen LogP) is 3.59. The van der Waals surface area contributed by atoms with E-state index in [-0.39, 0.29) is 5.78 Å². The van der Waals surface area contributed by atoms with Crippen LogP contribution in [-0.4, -0.2) is 29.8 Å². The first-order valence-corrected chi connectivity index (χ1v) is 7.15. The molecule has 1 aromatic rings. The molecule has 0 atom stereocenters. The third kappa shape index (κ3) is 4.76. The SMILES string of the molecule is CCCN(CC(=O)c1ccc(I)cc1)C(C)C. The molecule has 0 saturated carbocycles. The highest BCUT2D eigenvalue weighted by Gasteiger charge is 2.14. The van der Waals surface area contributed by atoms with Gasteiger partial charge in [0.25, 0.3) is 0 Å². The second-order valence-electron chi connectivity index (χ2n) is 4.49. The van der Waals surface area contributed by atoms with Gasteiger partial charge in [0.05, 0.1) is 6.54 Å². The first-order chi connectivity index (χ1) is 8.04. The van der Waals surface area contributed by atoms with Crippen LogP contribution in [0.25, 0.3) is 0 Å². The van der Waals surface area contributed by atoms with Crippen LogP contribution < -0.4 is 0 Å². The molecule has 0 saturated heterocycles. The van der Waals surface area contributed by atoms with Crippen molar-refractivity contribution in [2.45, 2.75) is 33.2 Å². The van der Waals surface area contributed by atoms with Crippen molar-refractivity contribution in [3.8, 4) is 0 Å². The molecule has 0 aliphatic rings. The van der Waals surface area contributed by atoms with Crippen LogP contribution in [0.3, 0.4) is 0 Å². The first-order valence-electron chi connectivity index (χ1n) is 6.07. The van der Waals surface area contributed by atoms with E-state index >= 15 is 0 Å². The Labute approximate surface area is 118 Å². The molecule has 0 aliphatic heterocycles. The summed E-state index contributed by atoms with van der Waals surface area (Å²) in [4.78, 5) is 14.3. The van der Waals surface area contributed by atoms with Crippen LogP contribution in [0.4, 0.5) is 0 Å². The summed E-state index contributed by atoms with van der Waals surface area (Å²) in [5.41, 5.74) is 0.812. The van der Waals surface area contributed by atoms with Crippen LogP contribution in [0.15, 0.2) is 24.3 Å². The molecule has 1 rings (SSSR count). The van der Waals surface area contributed by atoms with Gasteiger partial charge in [0.15, 0.2) is 5.78 Å². The average molecular weight is 345 g/mol. The van der Waals surface area contributed by atoms with Crippen LogP contribution in [0.1, 0.15) is 37.6 Å². The van der Waals surface area contributed by atoms with Crippen molar-refractivity contribution in [3.63, 3.8) is 0 Å². The maximum Gasteiger partial charge on any atom is 0.176 e. The molecule has 2 nitrogen and oxygen atoms in total. The van der Waals surface area contributed by atoms with E-state index in [2.05, 4.69) is 48.3 Å². The molecule has 0 fully saturated rings. The summed E-state index contributed by atoms with van der Waals surface area (Å²) in [6.45, 7) is 7.92. The van der Waals surface area contributed by atoms with Crippen molar-refractivity contribution in [3.05, 3.63) is 33.4 Å². The second-order valence-corrected chi connectivity index (χ2v) is 5.74. The molecule has 3 heteroatoms. The van der Waals surface area contributed by atoms with Gasteiger partial charge < -0.3 is 0 Å². The van der Waals surface area contributed by atoms with Gasteiger partial charge in [-0.25, -0.2) is 0 Å². The van der Waals surface area contributed by atoms with Crippen LogP contribution in [0, 0.1) is 3.57 Å². The zero-order chi connectivity index (χ0) is 12.8. The highest BCUT2D eigenvalue weighted by Crippen LogP contribution is 2.09. The number of hydrogen-bond acceptors (Lipinski definition) is 2. The third-order valence-corrected chi connectivity index (χ3v) is 3.47. The third-order valence-electron chi connectivity index (χ3n) is 2.75. The molecule has 0 aromatic heterocycles. The fourth-order valence-electron chi connectivity index (χ4n) is 1.72. The Bertz CT molecular complexity index is 359. The highest BCUT2D eigenvalue weighted by molar-refractivity contribution is 14.1. The molecule has 0 bridgehead atoms. The maximum absolute atomic E-state index is 12.1. The van der Waals surface area contributed by atoms with Crippen LogP contribution in [-0.2, 0) is 0 Å². The quantitative estimate of drug-likeness (QED) is 0.580. The molecule has 0 heterocycles. The Morgan fingerprint density at radius 3 is 2.35 bits per heavy atom. The molecule has 0 spiro atoms. The molecule has 0 amide bonds. The summed E-state index contributed by atoms with van der Waals surface area (Å²) in [5, 5.41) is 0. The van der Waals surface area contributed by atoms with Gasteiger partial charge in [0.1, 0.15) is 0 Å². The standard InChI is InChI=1S/C14H20INO/c1-4-9-16(11(2)3)10-14(17)12-5-7-13(15)8-6-12/h5-8,11H,4,9-10H2,1-3H3. The summed E-state index contributed by atoms with van der Waals surface area (Å²) in [6, 6.07) is 8.20. The van der Waals surface area contributed by atoms with Gasteiger partial charge in [-0.15, -0.1) is 0 Å². The number of benzene rings is 1. The van der Waals surface area contributed by atoms with E-state index < -0.39 is 0 Å². The van der Waals surface area contributed by atoms with E-state index in [9.17, 15) is 4.79 Å². The zero-order valence-electron chi connectivity index (χ0n) is 10.7. The van der Waals surface area contributed by atoms with Gasteiger partial charge in [0.2, 0.25) is 0 Å². The fraction of sp³-hybridized carbons (Fsp3) is 0.500. The fourth-order valence-corrected chi connectivity index (χ4v) is 2.08. The lowest BCUT2D eigenvalue weighted by Gasteiger charge is -2.25. The first kappa shape index (κ1) is 14.6. The monoisotopic (exact) mass is 345 g/mol. The van der Waals surface area contributed by atoms with E-state index in [4.69, 9.17) is 0 Å². The van der Waals surface area contributed by atoms with Gasteiger partial charge >= 0.3 is 0 Å². The number of carbonyl (C=O) groups is 1. The van der Waals surface area contributed by atoms with Crippen LogP contribution in [0.5, 0.6) is 0 Å². The number of nitrogens with zero attached hydrogens (tertiary/aromatic N) is 1. The molecule has 0 N–H and O–H groups in total. The van der Waals surface area contributed by atoms with Crippen molar-refractivity contribution in [2.24, 2.45) is 0 Å². The van der Waals surface area contributed by atoms with Crippen LogP contribution in [0.2, 0.25) is 0 Å². The topological polar surface area (TPSA) is 20.3 Å². The van der Waals surface area contributed by atoms with Crippen LogP contribution >= 0.6 is 22.6 Å². The Kier molecular flexibility index (Phi) is 6.12. The van der Waals surface area contributed by atoms with E-state index in [1.54, 1.807) is 0 Å². The maximum atomic E-state index is 12.1. The Morgan fingerprint density at radius 1 is 1.29 bits per heavy atom. The summed E-state index contributed by atoms with van der Waals surface area (Å²) in [6.07, 6.45) is 1.08. The summed E-state index contributed by atoms with van der Waals surface area (Å²) in [7, 11) is 0. The number of ketones is 1. The smallest absolute Gasteiger partial charge is 0.176 e. The highest BCUT2D eigenvalue weighted by atomic mass is 127. The van der Waals surface area contributed by atoms with Gasteiger partial charge in [-0.1, -0.05) is 19.1 Å². The van der Waals surface area contributed by atoms with Crippen molar-refractivity contribution >= 4 is 28.4 Å². The Hall–Kier alpha value is -0.420. The minimum Gasteiger partial charge on any atom is -0.293 e. The minimum absolute atomic E-state index is 0.212. The number of rotatable bonds is 6. The van der Waals surface area contributed by atoms with Gasteiger partial charge in [-0.3, -0.25) is 9.69 Å². The predicted molar refractivity (Wildman–Crippen MR) is 80.5 cm³/mol. The number of hydrogen-bond donors (Lipinski definition) is 0. The van der Waals surface area contributed by atoms with E-state index in [0.29, 0.717) is 12.6 Å². The normalized spacial score (nSPS) is 11.2. The largest absolute Gasteiger partial charge is 0.293 e. The molecule has 1 aromatic carbocycles. The molecular formula is C14H20INO. The molecule has 0 unspecified atom stereocenters. The lowest BCUT2D eigenvalue weighted by molar-refractivity contribution is 0.0906. The summed E-state index contributed by atoms with van der Waals surface area (Å²) in [5.74, 6) is 0.212. The van der Waals surface area contributed by atoms with Gasteiger partial charge in [-0.05, 0) is 61.5 Å².